The number of carbonyl (C=O) groups is 1. The average molecular weight is 280 g/mol. The molecule has 1 aromatic heterocycles. The van der Waals surface area contributed by atoms with Crippen molar-refractivity contribution in [3.63, 3.8) is 0 Å². The number of hydrogen-bond donors (Lipinski definition) is 2. The molecule has 6 nitrogen and oxygen atoms in total. The molecule has 20 heavy (non-hydrogen) atoms. The molecule has 0 spiro atoms. The zero-order valence-electron chi connectivity index (χ0n) is 12.9. The minimum Gasteiger partial charge on any atom is -0.444 e. The fourth-order valence-electron chi connectivity index (χ4n) is 1.57. The SMILES string of the molecule is CN(C)c1ncccc1NCCNC(=O)OC(C)(C)C. The van der Waals surface area contributed by atoms with E-state index in [-0.39, 0.29) is 0 Å². The summed E-state index contributed by atoms with van der Waals surface area (Å²) in [4.78, 5) is 17.7. The number of carbonyl (C=O) groups excluding carboxylic acids is 1. The first-order valence-corrected chi connectivity index (χ1v) is 6.62. The highest BCUT2D eigenvalue weighted by molar-refractivity contribution is 5.68. The molecule has 2 N–H and O–H groups in total. The van der Waals surface area contributed by atoms with Crippen LogP contribution in [0.3, 0.4) is 0 Å². The Hall–Kier alpha value is -1.98. The van der Waals surface area contributed by atoms with Gasteiger partial charge in [-0.05, 0) is 32.9 Å². The molecule has 0 radical (unpaired) electrons. The molecule has 0 fully saturated rings. The van der Waals surface area contributed by atoms with E-state index in [2.05, 4.69) is 15.6 Å². The molecule has 0 aliphatic carbocycles. The summed E-state index contributed by atoms with van der Waals surface area (Å²) in [5, 5.41) is 5.94. The van der Waals surface area contributed by atoms with Crippen LogP contribution >= 0.6 is 0 Å². The van der Waals surface area contributed by atoms with Crippen molar-refractivity contribution in [1.82, 2.24) is 10.3 Å². The van der Waals surface area contributed by atoms with Gasteiger partial charge >= 0.3 is 6.09 Å². The van der Waals surface area contributed by atoms with Gasteiger partial charge in [-0.25, -0.2) is 9.78 Å². The number of aromatic nitrogens is 1. The lowest BCUT2D eigenvalue weighted by molar-refractivity contribution is 0.0530. The molecule has 0 saturated heterocycles. The van der Waals surface area contributed by atoms with Crippen LogP contribution in [0.2, 0.25) is 0 Å². The van der Waals surface area contributed by atoms with Crippen molar-refractivity contribution in [2.75, 3.05) is 37.4 Å². The van der Waals surface area contributed by atoms with Gasteiger partial charge in [0, 0.05) is 33.4 Å². The lowest BCUT2D eigenvalue weighted by atomic mass is 10.2. The lowest BCUT2D eigenvalue weighted by Crippen LogP contribution is -2.35. The third-order valence-electron chi connectivity index (χ3n) is 2.32. The Kier molecular flexibility index (Phi) is 5.61. The number of anilines is 2. The van der Waals surface area contributed by atoms with E-state index in [9.17, 15) is 4.79 Å². The quantitative estimate of drug-likeness (QED) is 0.808. The van der Waals surface area contributed by atoms with Gasteiger partial charge in [-0.2, -0.15) is 0 Å². The number of rotatable bonds is 5. The fourth-order valence-corrected chi connectivity index (χ4v) is 1.57. The smallest absolute Gasteiger partial charge is 0.407 e. The number of ether oxygens (including phenoxy) is 1. The van der Waals surface area contributed by atoms with Gasteiger partial charge in [0.05, 0.1) is 5.69 Å². The number of alkyl carbamates (subject to hydrolysis) is 1. The maximum Gasteiger partial charge on any atom is 0.407 e. The summed E-state index contributed by atoms with van der Waals surface area (Å²) in [6.07, 6.45) is 1.35. The second-order valence-corrected chi connectivity index (χ2v) is 5.62. The van der Waals surface area contributed by atoms with Gasteiger partial charge in [-0.15, -0.1) is 0 Å². The molecule has 1 rings (SSSR count). The predicted octanol–water partition coefficient (Wildman–Crippen LogP) is 2.08. The molecule has 1 heterocycles. The van der Waals surface area contributed by atoms with Crippen LogP contribution in [0.15, 0.2) is 18.3 Å². The van der Waals surface area contributed by atoms with E-state index < -0.39 is 11.7 Å². The molecule has 112 valence electrons. The van der Waals surface area contributed by atoms with Crippen LogP contribution in [0.5, 0.6) is 0 Å². The van der Waals surface area contributed by atoms with Crippen molar-refractivity contribution in [2.45, 2.75) is 26.4 Å². The van der Waals surface area contributed by atoms with Crippen LogP contribution in [0.25, 0.3) is 0 Å². The number of amides is 1. The highest BCUT2D eigenvalue weighted by Crippen LogP contribution is 2.19. The van der Waals surface area contributed by atoms with E-state index in [4.69, 9.17) is 4.74 Å². The van der Waals surface area contributed by atoms with Crippen molar-refractivity contribution >= 4 is 17.6 Å². The van der Waals surface area contributed by atoms with E-state index in [0.717, 1.165) is 11.5 Å². The molecule has 0 aliphatic rings. The Morgan fingerprint density at radius 1 is 1.35 bits per heavy atom. The Morgan fingerprint density at radius 3 is 2.65 bits per heavy atom. The fraction of sp³-hybridized carbons (Fsp3) is 0.571. The van der Waals surface area contributed by atoms with Gasteiger partial charge in [-0.3, -0.25) is 0 Å². The molecule has 6 heteroatoms. The van der Waals surface area contributed by atoms with Crippen LogP contribution in [0.1, 0.15) is 20.8 Å². The summed E-state index contributed by atoms with van der Waals surface area (Å²) in [6.45, 7) is 6.60. The summed E-state index contributed by atoms with van der Waals surface area (Å²) in [5.41, 5.74) is 0.461. The summed E-state index contributed by atoms with van der Waals surface area (Å²) >= 11 is 0. The summed E-state index contributed by atoms with van der Waals surface area (Å²) in [6, 6.07) is 3.83. The molecule has 0 aliphatic heterocycles. The molecule has 0 saturated carbocycles. The maximum absolute atomic E-state index is 11.5. The number of hydrogen-bond acceptors (Lipinski definition) is 5. The Bertz CT molecular complexity index is 441. The molecule has 0 atom stereocenters. The first kappa shape index (κ1) is 16.1. The lowest BCUT2D eigenvalue weighted by Gasteiger charge is -2.20. The Morgan fingerprint density at radius 2 is 2.05 bits per heavy atom. The molecule has 0 bridgehead atoms. The van der Waals surface area contributed by atoms with Crippen LogP contribution in [-0.4, -0.2) is 43.9 Å². The van der Waals surface area contributed by atoms with Gasteiger partial charge in [-0.1, -0.05) is 0 Å². The van der Waals surface area contributed by atoms with Crippen LogP contribution in [0, 0.1) is 0 Å². The summed E-state index contributed by atoms with van der Waals surface area (Å²) in [7, 11) is 3.87. The van der Waals surface area contributed by atoms with Crippen LogP contribution in [-0.2, 0) is 4.74 Å². The molecular weight excluding hydrogens is 256 g/mol. The minimum absolute atomic E-state index is 0.404. The number of nitrogens with zero attached hydrogens (tertiary/aromatic N) is 2. The average Bonchev–Trinajstić information content (AvgIpc) is 2.33. The van der Waals surface area contributed by atoms with Crippen molar-refractivity contribution in [2.24, 2.45) is 0 Å². The second-order valence-electron chi connectivity index (χ2n) is 5.62. The standard InChI is InChI=1S/C14H24N4O2/c1-14(2,3)20-13(19)17-10-9-15-11-7-6-8-16-12(11)18(4)5/h6-8,15H,9-10H2,1-5H3,(H,17,19). The molecule has 0 unspecified atom stereocenters. The maximum atomic E-state index is 11.5. The van der Waals surface area contributed by atoms with Crippen molar-refractivity contribution < 1.29 is 9.53 Å². The number of nitrogens with one attached hydrogen (secondary N) is 2. The number of pyridine rings is 1. The molecule has 1 aromatic rings. The Labute approximate surface area is 120 Å². The van der Waals surface area contributed by atoms with Crippen LogP contribution in [0.4, 0.5) is 16.3 Å². The molecule has 0 aromatic carbocycles. The molecule has 1 amide bonds. The first-order valence-electron chi connectivity index (χ1n) is 6.62. The van der Waals surface area contributed by atoms with Crippen molar-refractivity contribution in [3.05, 3.63) is 18.3 Å². The monoisotopic (exact) mass is 280 g/mol. The minimum atomic E-state index is -0.473. The first-order chi connectivity index (χ1) is 9.29. The van der Waals surface area contributed by atoms with Gasteiger partial charge in [0.15, 0.2) is 5.82 Å². The highest BCUT2D eigenvalue weighted by atomic mass is 16.6. The van der Waals surface area contributed by atoms with Crippen molar-refractivity contribution in [3.8, 4) is 0 Å². The van der Waals surface area contributed by atoms with E-state index in [1.165, 1.54) is 0 Å². The third kappa shape index (κ3) is 5.77. The van der Waals surface area contributed by atoms with E-state index in [1.807, 2.05) is 51.9 Å². The van der Waals surface area contributed by atoms with Gasteiger partial charge < -0.3 is 20.3 Å². The van der Waals surface area contributed by atoms with E-state index >= 15 is 0 Å². The molecular formula is C14H24N4O2. The van der Waals surface area contributed by atoms with E-state index in [0.29, 0.717) is 13.1 Å². The zero-order chi connectivity index (χ0) is 15.2. The third-order valence-corrected chi connectivity index (χ3v) is 2.32. The van der Waals surface area contributed by atoms with Crippen LogP contribution < -0.4 is 15.5 Å². The van der Waals surface area contributed by atoms with Gasteiger partial charge in [0.1, 0.15) is 5.60 Å². The van der Waals surface area contributed by atoms with Gasteiger partial charge in [0.25, 0.3) is 0 Å². The predicted molar refractivity (Wildman–Crippen MR) is 81.3 cm³/mol. The van der Waals surface area contributed by atoms with E-state index in [1.54, 1.807) is 6.20 Å². The second kappa shape index (κ2) is 6.98. The summed E-state index contributed by atoms with van der Waals surface area (Å²) < 4.78 is 5.15. The largest absolute Gasteiger partial charge is 0.444 e. The van der Waals surface area contributed by atoms with Gasteiger partial charge in [0.2, 0.25) is 0 Å². The zero-order valence-corrected chi connectivity index (χ0v) is 12.9. The Balaban J connectivity index is 2.37. The topological polar surface area (TPSA) is 66.5 Å². The van der Waals surface area contributed by atoms with Crippen molar-refractivity contribution in [1.29, 1.82) is 0 Å². The summed E-state index contributed by atoms with van der Waals surface area (Å²) in [5.74, 6) is 0.866. The highest BCUT2D eigenvalue weighted by Gasteiger charge is 2.15. The normalized spacial score (nSPS) is 10.8.